The molecule has 1 rings (SSSR count). The fraction of sp³-hybridized carbons (Fsp3) is 0.562. The highest BCUT2D eigenvalue weighted by molar-refractivity contribution is 7.80. The number of ether oxygens (including phenoxy) is 1. The van der Waals surface area contributed by atoms with Crippen molar-refractivity contribution >= 4 is 24.2 Å². The van der Waals surface area contributed by atoms with Gasteiger partial charge in [-0.25, -0.2) is 0 Å². The number of hydrogen-bond donors (Lipinski definition) is 1. The summed E-state index contributed by atoms with van der Waals surface area (Å²) in [5, 5.41) is 0. The number of anilines is 1. The highest BCUT2D eigenvalue weighted by Crippen LogP contribution is 2.29. The number of hydrogen-bond acceptors (Lipinski definition) is 3. The molecule has 0 aromatic heterocycles. The molecule has 0 saturated carbocycles. The zero-order chi connectivity index (χ0) is 15.1. The predicted octanol–water partition coefficient (Wildman–Crippen LogP) is 3.25. The Morgan fingerprint density at radius 2 is 2.15 bits per heavy atom. The molecule has 1 aromatic carbocycles. The molecule has 0 aliphatic heterocycles. The second-order valence-corrected chi connectivity index (χ2v) is 5.39. The molecule has 1 atom stereocenters. The molecule has 20 heavy (non-hydrogen) atoms. The van der Waals surface area contributed by atoms with Gasteiger partial charge in [0.2, 0.25) is 5.91 Å². The number of aryl methyl sites for hydroxylation is 2. The van der Waals surface area contributed by atoms with Crippen LogP contribution in [0.3, 0.4) is 0 Å². The Kier molecular flexibility index (Phi) is 7.10. The second-order valence-electron chi connectivity index (χ2n) is 4.95. The number of rotatable bonds is 7. The topological polar surface area (TPSA) is 29.5 Å². The molecule has 1 unspecified atom stereocenters. The van der Waals surface area contributed by atoms with Crippen molar-refractivity contribution in [1.29, 1.82) is 0 Å². The molecule has 3 nitrogen and oxygen atoms in total. The Morgan fingerprint density at radius 3 is 2.65 bits per heavy atom. The van der Waals surface area contributed by atoms with E-state index in [1.165, 1.54) is 5.56 Å². The lowest BCUT2D eigenvalue weighted by molar-refractivity contribution is -0.117. The van der Waals surface area contributed by atoms with Gasteiger partial charge in [-0.15, -0.1) is 0 Å². The fourth-order valence-electron chi connectivity index (χ4n) is 2.58. The standard InChI is InChI=1S/C16H25NO2S/c1-5-14-8-6-7-12(2)16(14)17(13(3)18)15(9-10-20)11-19-4/h6-8,15,20H,5,9-11H2,1-4H3. The van der Waals surface area contributed by atoms with Crippen molar-refractivity contribution in [2.75, 3.05) is 24.4 Å². The number of amides is 1. The van der Waals surface area contributed by atoms with E-state index in [0.717, 1.165) is 29.8 Å². The minimum absolute atomic E-state index is 0.0291. The van der Waals surface area contributed by atoms with Gasteiger partial charge in [0.1, 0.15) is 0 Å². The summed E-state index contributed by atoms with van der Waals surface area (Å²) >= 11 is 4.31. The van der Waals surface area contributed by atoms with Crippen molar-refractivity contribution < 1.29 is 9.53 Å². The largest absolute Gasteiger partial charge is 0.383 e. The Labute approximate surface area is 127 Å². The van der Waals surface area contributed by atoms with Crippen LogP contribution in [0.5, 0.6) is 0 Å². The van der Waals surface area contributed by atoms with E-state index in [9.17, 15) is 4.79 Å². The summed E-state index contributed by atoms with van der Waals surface area (Å²) in [6.45, 7) is 6.31. The summed E-state index contributed by atoms with van der Waals surface area (Å²) in [6.07, 6.45) is 1.72. The molecule has 1 amide bonds. The SMILES string of the molecule is CCc1cccc(C)c1N(C(C)=O)C(CCS)COC. The summed E-state index contributed by atoms with van der Waals surface area (Å²) < 4.78 is 5.29. The smallest absolute Gasteiger partial charge is 0.224 e. The first-order valence-corrected chi connectivity index (χ1v) is 7.68. The third kappa shape index (κ3) is 4.00. The van der Waals surface area contributed by atoms with Gasteiger partial charge < -0.3 is 9.64 Å². The van der Waals surface area contributed by atoms with Crippen molar-refractivity contribution in [3.8, 4) is 0 Å². The summed E-state index contributed by atoms with van der Waals surface area (Å²) in [5.41, 5.74) is 3.35. The summed E-state index contributed by atoms with van der Waals surface area (Å²) in [7, 11) is 1.67. The van der Waals surface area contributed by atoms with Crippen LogP contribution < -0.4 is 4.90 Å². The van der Waals surface area contributed by atoms with Gasteiger partial charge in [0.25, 0.3) is 0 Å². The second kappa shape index (κ2) is 8.32. The minimum Gasteiger partial charge on any atom is -0.383 e. The van der Waals surface area contributed by atoms with Gasteiger partial charge in [-0.1, -0.05) is 25.1 Å². The molecule has 0 aliphatic carbocycles. The molecule has 4 heteroatoms. The lowest BCUT2D eigenvalue weighted by Crippen LogP contribution is -2.43. The lowest BCUT2D eigenvalue weighted by atomic mass is 10.0. The van der Waals surface area contributed by atoms with Gasteiger partial charge in [-0.3, -0.25) is 4.79 Å². The zero-order valence-electron chi connectivity index (χ0n) is 12.8. The third-order valence-corrected chi connectivity index (χ3v) is 3.73. The van der Waals surface area contributed by atoms with Crippen LogP contribution in [0.4, 0.5) is 5.69 Å². The fourth-order valence-corrected chi connectivity index (χ4v) is 2.87. The molecule has 0 fully saturated rings. The van der Waals surface area contributed by atoms with Crippen molar-refractivity contribution in [3.05, 3.63) is 29.3 Å². The monoisotopic (exact) mass is 295 g/mol. The van der Waals surface area contributed by atoms with E-state index < -0.39 is 0 Å². The van der Waals surface area contributed by atoms with Gasteiger partial charge in [0.15, 0.2) is 0 Å². The third-order valence-electron chi connectivity index (χ3n) is 3.47. The molecule has 1 aromatic rings. The molecule has 112 valence electrons. The van der Waals surface area contributed by atoms with Crippen LogP contribution in [-0.2, 0) is 16.0 Å². The summed E-state index contributed by atoms with van der Waals surface area (Å²) in [6, 6.07) is 6.21. The Bertz CT molecular complexity index is 442. The van der Waals surface area contributed by atoms with Crippen LogP contribution in [0, 0.1) is 6.92 Å². The van der Waals surface area contributed by atoms with Crippen molar-refractivity contribution in [2.24, 2.45) is 0 Å². The highest BCUT2D eigenvalue weighted by atomic mass is 32.1. The summed E-state index contributed by atoms with van der Waals surface area (Å²) in [4.78, 5) is 14.1. The van der Waals surface area contributed by atoms with Crippen LogP contribution in [-0.4, -0.2) is 31.4 Å². The molecule has 0 radical (unpaired) electrons. The van der Waals surface area contributed by atoms with E-state index in [-0.39, 0.29) is 11.9 Å². The van der Waals surface area contributed by atoms with Crippen molar-refractivity contribution in [2.45, 2.75) is 39.7 Å². The summed E-state index contributed by atoms with van der Waals surface area (Å²) in [5.74, 6) is 0.781. The number of carbonyl (C=O) groups is 1. The Balaban J connectivity index is 3.28. The van der Waals surface area contributed by atoms with Gasteiger partial charge in [0, 0.05) is 14.0 Å². The maximum atomic E-state index is 12.2. The van der Waals surface area contributed by atoms with E-state index in [2.05, 4.69) is 38.6 Å². The molecule has 0 spiro atoms. The molecule has 0 heterocycles. The zero-order valence-corrected chi connectivity index (χ0v) is 13.7. The number of nitrogens with zero attached hydrogens (tertiary/aromatic N) is 1. The molecule has 0 bridgehead atoms. The minimum atomic E-state index is 0.0291. The average molecular weight is 295 g/mol. The van der Waals surface area contributed by atoms with E-state index >= 15 is 0 Å². The first-order valence-electron chi connectivity index (χ1n) is 7.04. The van der Waals surface area contributed by atoms with E-state index in [4.69, 9.17) is 4.74 Å². The van der Waals surface area contributed by atoms with Crippen LogP contribution in [0.2, 0.25) is 0 Å². The number of thiol groups is 1. The molecular weight excluding hydrogens is 270 g/mol. The van der Waals surface area contributed by atoms with Gasteiger partial charge in [0.05, 0.1) is 18.3 Å². The van der Waals surface area contributed by atoms with Crippen LogP contribution in [0.25, 0.3) is 0 Å². The predicted molar refractivity (Wildman–Crippen MR) is 87.9 cm³/mol. The quantitative estimate of drug-likeness (QED) is 0.783. The first-order chi connectivity index (χ1) is 9.56. The number of methoxy groups -OCH3 is 1. The highest BCUT2D eigenvalue weighted by Gasteiger charge is 2.25. The van der Waals surface area contributed by atoms with Crippen LogP contribution >= 0.6 is 12.6 Å². The maximum absolute atomic E-state index is 12.2. The van der Waals surface area contributed by atoms with Gasteiger partial charge >= 0.3 is 0 Å². The Morgan fingerprint density at radius 1 is 1.45 bits per heavy atom. The number of carbonyl (C=O) groups excluding carboxylic acids is 1. The molecule has 0 N–H and O–H groups in total. The molecular formula is C16H25NO2S. The number of benzene rings is 1. The molecule has 0 saturated heterocycles. The maximum Gasteiger partial charge on any atom is 0.224 e. The van der Waals surface area contributed by atoms with Gasteiger partial charge in [-0.05, 0) is 36.6 Å². The molecule has 0 aliphatic rings. The van der Waals surface area contributed by atoms with Crippen molar-refractivity contribution in [3.63, 3.8) is 0 Å². The normalized spacial score (nSPS) is 12.2. The lowest BCUT2D eigenvalue weighted by Gasteiger charge is -2.33. The van der Waals surface area contributed by atoms with Crippen molar-refractivity contribution in [1.82, 2.24) is 0 Å². The van der Waals surface area contributed by atoms with E-state index in [1.807, 2.05) is 11.0 Å². The number of para-hydroxylation sites is 1. The first kappa shape index (κ1) is 17.1. The Hall–Kier alpha value is -1.000. The van der Waals surface area contributed by atoms with E-state index in [0.29, 0.717) is 6.61 Å². The van der Waals surface area contributed by atoms with Crippen LogP contribution in [0.1, 0.15) is 31.4 Å². The average Bonchev–Trinajstić information content (AvgIpc) is 2.41. The van der Waals surface area contributed by atoms with E-state index in [1.54, 1.807) is 14.0 Å². The van der Waals surface area contributed by atoms with Crippen LogP contribution in [0.15, 0.2) is 18.2 Å². The van der Waals surface area contributed by atoms with Gasteiger partial charge in [-0.2, -0.15) is 12.6 Å².